The Hall–Kier alpha value is -4.05. The lowest BCUT2D eigenvalue weighted by atomic mass is 10.1. The largest absolute Gasteiger partial charge is 0.503 e. The smallest absolute Gasteiger partial charge is 0.262 e. The van der Waals surface area contributed by atoms with Crippen molar-refractivity contribution in [2.45, 2.75) is 4.90 Å². The Morgan fingerprint density at radius 2 is 1.50 bits per heavy atom. The van der Waals surface area contributed by atoms with E-state index < -0.39 is 10.0 Å². The predicted molar refractivity (Wildman–Crippen MR) is 131 cm³/mol. The van der Waals surface area contributed by atoms with Gasteiger partial charge in [0.1, 0.15) is 5.69 Å². The van der Waals surface area contributed by atoms with Gasteiger partial charge in [-0.1, -0.05) is 18.2 Å². The Labute approximate surface area is 198 Å². The van der Waals surface area contributed by atoms with Crippen LogP contribution in [0.25, 0.3) is 12.2 Å². The summed E-state index contributed by atoms with van der Waals surface area (Å²) in [4.78, 5) is -0.0470. The summed E-state index contributed by atoms with van der Waals surface area (Å²) in [5, 5.41) is 10.7. The van der Waals surface area contributed by atoms with E-state index in [2.05, 4.69) is 4.72 Å². The standard InChI is InChI=1S/C24H26N2O7S/c1-30-19-11-10-16(9-8-15-12-20(31-2)24(33-4)21(13-15)32-3)22(23(19)27)26-34(28,29)18-7-5-6-17(25)14-18/h5-14,26-27H,25H2,1-4H3. The van der Waals surface area contributed by atoms with Gasteiger partial charge in [0.2, 0.25) is 5.75 Å². The van der Waals surface area contributed by atoms with Crippen LogP contribution in [0.1, 0.15) is 11.1 Å². The molecule has 0 radical (unpaired) electrons. The van der Waals surface area contributed by atoms with Crippen LogP contribution in [-0.4, -0.2) is 42.0 Å². The molecule has 180 valence electrons. The van der Waals surface area contributed by atoms with Crippen molar-refractivity contribution in [3.8, 4) is 28.7 Å². The number of nitrogen functional groups attached to an aromatic ring is 1. The molecule has 0 amide bonds. The zero-order valence-corrected chi connectivity index (χ0v) is 20.0. The summed E-state index contributed by atoms with van der Waals surface area (Å²) >= 11 is 0. The highest BCUT2D eigenvalue weighted by Gasteiger charge is 2.21. The van der Waals surface area contributed by atoms with Gasteiger partial charge in [0.15, 0.2) is 23.0 Å². The number of nitrogens with one attached hydrogen (secondary N) is 1. The van der Waals surface area contributed by atoms with Crippen LogP contribution in [0.2, 0.25) is 0 Å². The predicted octanol–water partition coefficient (Wildman–Crippen LogP) is 3.98. The van der Waals surface area contributed by atoms with Crippen LogP contribution in [0.3, 0.4) is 0 Å². The van der Waals surface area contributed by atoms with Crippen molar-refractivity contribution in [2.24, 2.45) is 0 Å². The fraction of sp³-hybridized carbons (Fsp3) is 0.167. The van der Waals surface area contributed by atoms with Crippen molar-refractivity contribution in [3.05, 3.63) is 59.7 Å². The quantitative estimate of drug-likeness (QED) is 0.235. The van der Waals surface area contributed by atoms with E-state index in [1.807, 2.05) is 0 Å². The Morgan fingerprint density at radius 1 is 0.853 bits per heavy atom. The molecule has 0 aromatic heterocycles. The number of phenolic OH excluding ortho intramolecular Hbond substituents is 1. The Balaban J connectivity index is 2.07. The normalized spacial score (nSPS) is 11.3. The zero-order chi connectivity index (χ0) is 24.9. The molecule has 0 fully saturated rings. The number of anilines is 2. The molecule has 9 nitrogen and oxygen atoms in total. The Morgan fingerprint density at radius 3 is 2.06 bits per heavy atom. The first kappa shape index (κ1) is 24.6. The highest BCUT2D eigenvalue weighted by molar-refractivity contribution is 7.92. The lowest BCUT2D eigenvalue weighted by Gasteiger charge is -2.15. The molecule has 0 saturated carbocycles. The van der Waals surface area contributed by atoms with E-state index >= 15 is 0 Å². The maximum Gasteiger partial charge on any atom is 0.262 e. The van der Waals surface area contributed by atoms with Crippen LogP contribution in [0.5, 0.6) is 28.7 Å². The molecule has 34 heavy (non-hydrogen) atoms. The van der Waals surface area contributed by atoms with E-state index in [1.54, 1.807) is 36.4 Å². The van der Waals surface area contributed by atoms with Crippen LogP contribution < -0.4 is 29.4 Å². The number of rotatable bonds is 9. The summed E-state index contributed by atoms with van der Waals surface area (Å²) in [7, 11) is 1.84. The van der Waals surface area contributed by atoms with Gasteiger partial charge in [-0.3, -0.25) is 4.72 Å². The van der Waals surface area contributed by atoms with Crippen molar-refractivity contribution in [2.75, 3.05) is 38.9 Å². The third kappa shape index (κ3) is 5.12. The summed E-state index contributed by atoms with van der Waals surface area (Å²) in [6, 6.07) is 12.4. The highest BCUT2D eigenvalue weighted by Crippen LogP contribution is 2.41. The lowest BCUT2D eigenvalue weighted by molar-refractivity contribution is 0.324. The second-order valence-corrected chi connectivity index (χ2v) is 8.73. The number of phenols is 1. The van der Waals surface area contributed by atoms with Crippen LogP contribution >= 0.6 is 0 Å². The van der Waals surface area contributed by atoms with Gasteiger partial charge in [0.25, 0.3) is 10.0 Å². The lowest BCUT2D eigenvalue weighted by Crippen LogP contribution is -2.14. The van der Waals surface area contributed by atoms with E-state index in [4.69, 9.17) is 24.7 Å². The van der Waals surface area contributed by atoms with E-state index in [1.165, 1.54) is 52.7 Å². The molecule has 4 N–H and O–H groups in total. The number of sulfonamides is 1. The fourth-order valence-electron chi connectivity index (χ4n) is 3.26. The number of aromatic hydroxyl groups is 1. The molecular weight excluding hydrogens is 460 g/mol. The third-order valence-corrected chi connectivity index (χ3v) is 6.29. The second kappa shape index (κ2) is 10.3. The maximum atomic E-state index is 13.0. The number of nitrogens with two attached hydrogens (primary N) is 1. The molecular formula is C24H26N2O7S. The average molecular weight is 487 g/mol. The van der Waals surface area contributed by atoms with E-state index in [0.717, 1.165) is 0 Å². The first-order chi connectivity index (χ1) is 16.2. The van der Waals surface area contributed by atoms with Crippen LogP contribution in [0.4, 0.5) is 11.4 Å². The minimum atomic E-state index is -4.06. The first-order valence-corrected chi connectivity index (χ1v) is 11.5. The van der Waals surface area contributed by atoms with Crippen molar-refractivity contribution in [1.82, 2.24) is 0 Å². The first-order valence-electron chi connectivity index (χ1n) is 10.0. The van der Waals surface area contributed by atoms with Crippen molar-refractivity contribution in [3.63, 3.8) is 0 Å². The molecule has 0 heterocycles. The van der Waals surface area contributed by atoms with Crippen molar-refractivity contribution >= 4 is 33.6 Å². The minimum Gasteiger partial charge on any atom is -0.503 e. The monoisotopic (exact) mass is 486 g/mol. The molecule has 10 heteroatoms. The summed E-state index contributed by atoms with van der Waals surface area (Å²) in [5.41, 5.74) is 7.05. The third-order valence-electron chi connectivity index (χ3n) is 4.94. The SMILES string of the molecule is COc1ccc(C=Cc2cc(OC)c(OC)c(OC)c2)c(NS(=O)(=O)c2cccc(N)c2)c1O. The van der Waals surface area contributed by atoms with Gasteiger partial charge in [0, 0.05) is 11.3 Å². The minimum absolute atomic E-state index is 0.0470. The fourth-order valence-corrected chi connectivity index (χ4v) is 4.41. The topological polar surface area (TPSA) is 129 Å². The molecule has 0 saturated heterocycles. The Kier molecular flexibility index (Phi) is 7.42. The zero-order valence-electron chi connectivity index (χ0n) is 19.2. The van der Waals surface area contributed by atoms with E-state index in [-0.39, 0.29) is 22.1 Å². The molecule has 0 spiro atoms. The molecule has 0 aliphatic rings. The van der Waals surface area contributed by atoms with Gasteiger partial charge in [-0.25, -0.2) is 8.42 Å². The molecule has 3 aromatic rings. The average Bonchev–Trinajstić information content (AvgIpc) is 2.83. The van der Waals surface area contributed by atoms with Crippen molar-refractivity contribution < 1.29 is 32.5 Å². The van der Waals surface area contributed by atoms with Gasteiger partial charge < -0.3 is 29.8 Å². The molecule has 0 atom stereocenters. The van der Waals surface area contributed by atoms with Crippen LogP contribution in [0.15, 0.2) is 53.4 Å². The van der Waals surface area contributed by atoms with Gasteiger partial charge in [-0.2, -0.15) is 0 Å². The van der Waals surface area contributed by atoms with Crippen LogP contribution in [0, 0.1) is 0 Å². The molecule has 3 aromatic carbocycles. The number of hydrogen-bond acceptors (Lipinski definition) is 8. The molecule has 0 unspecified atom stereocenters. The van der Waals surface area contributed by atoms with Gasteiger partial charge in [-0.05, 0) is 48.0 Å². The van der Waals surface area contributed by atoms with Crippen molar-refractivity contribution in [1.29, 1.82) is 0 Å². The maximum absolute atomic E-state index is 13.0. The number of benzene rings is 3. The Bertz CT molecular complexity index is 1300. The summed E-state index contributed by atoms with van der Waals surface area (Å²) < 4.78 is 49.6. The highest BCUT2D eigenvalue weighted by atomic mass is 32.2. The van der Waals surface area contributed by atoms with Gasteiger partial charge in [-0.15, -0.1) is 0 Å². The molecule has 3 rings (SSSR count). The molecule has 0 aliphatic heterocycles. The van der Waals surface area contributed by atoms with Gasteiger partial charge in [0.05, 0.1) is 33.3 Å². The van der Waals surface area contributed by atoms with E-state index in [9.17, 15) is 13.5 Å². The summed E-state index contributed by atoms with van der Waals surface area (Å²) in [6.45, 7) is 0. The molecule has 0 bridgehead atoms. The summed E-state index contributed by atoms with van der Waals surface area (Å²) in [6.07, 6.45) is 3.35. The van der Waals surface area contributed by atoms with Gasteiger partial charge >= 0.3 is 0 Å². The number of ether oxygens (including phenoxy) is 4. The molecule has 0 aliphatic carbocycles. The van der Waals surface area contributed by atoms with Crippen LogP contribution in [-0.2, 0) is 10.0 Å². The number of hydrogen-bond donors (Lipinski definition) is 3. The summed E-state index contributed by atoms with van der Waals surface area (Å²) in [5.74, 6) is 1.11. The number of methoxy groups -OCH3 is 4. The van der Waals surface area contributed by atoms with E-state index in [0.29, 0.717) is 34.1 Å². The second-order valence-electron chi connectivity index (χ2n) is 7.05.